The highest BCUT2D eigenvalue weighted by molar-refractivity contribution is 5.84. The van der Waals surface area contributed by atoms with Gasteiger partial charge in [-0.3, -0.25) is 4.79 Å². The molecule has 1 aliphatic heterocycles. The lowest BCUT2D eigenvalue weighted by Crippen LogP contribution is -2.53. The Labute approximate surface area is 139 Å². The van der Waals surface area contributed by atoms with Crippen LogP contribution >= 0.6 is 0 Å². The highest BCUT2D eigenvalue weighted by Crippen LogP contribution is 2.31. The molecule has 1 aromatic carbocycles. The maximum Gasteiger partial charge on any atom is 0.407 e. The van der Waals surface area contributed by atoms with Crippen molar-refractivity contribution in [2.45, 2.75) is 19.4 Å². The van der Waals surface area contributed by atoms with Crippen LogP contribution in [0.3, 0.4) is 0 Å². The highest BCUT2D eigenvalue weighted by atomic mass is 16.4. The number of piperidine rings is 1. The third-order valence-corrected chi connectivity index (χ3v) is 4.89. The standard InChI is InChI=1S/C17H22N4O3/c18-11-17(5-7-21(8-6-17)16(23)24)15(22)19-10-13-9-12-3-1-2-4-14(12)20-13/h1-4,9,20H,5-8,10-11,18H2,(H,19,22)(H,23,24). The number of fused-ring (bicyclic) bond motifs is 1. The minimum Gasteiger partial charge on any atom is -0.465 e. The van der Waals surface area contributed by atoms with Crippen molar-refractivity contribution in [2.75, 3.05) is 19.6 Å². The summed E-state index contributed by atoms with van der Waals surface area (Å²) in [5.41, 5.74) is 7.14. The van der Waals surface area contributed by atoms with Crippen LogP contribution in [0.2, 0.25) is 0 Å². The van der Waals surface area contributed by atoms with Crippen molar-refractivity contribution in [1.29, 1.82) is 0 Å². The fraction of sp³-hybridized carbons (Fsp3) is 0.412. The molecule has 128 valence electrons. The van der Waals surface area contributed by atoms with Gasteiger partial charge in [0.05, 0.1) is 12.0 Å². The number of carbonyl (C=O) groups is 2. The van der Waals surface area contributed by atoms with Crippen molar-refractivity contribution >= 4 is 22.9 Å². The summed E-state index contributed by atoms with van der Waals surface area (Å²) in [7, 11) is 0. The topological polar surface area (TPSA) is 111 Å². The van der Waals surface area contributed by atoms with E-state index in [0.717, 1.165) is 16.6 Å². The van der Waals surface area contributed by atoms with E-state index in [-0.39, 0.29) is 12.5 Å². The van der Waals surface area contributed by atoms with Gasteiger partial charge in [0.15, 0.2) is 0 Å². The number of likely N-dealkylation sites (tertiary alicyclic amines) is 1. The first kappa shape index (κ1) is 16.3. The average Bonchev–Trinajstić information content (AvgIpc) is 3.02. The summed E-state index contributed by atoms with van der Waals surface area (Å²) in [6, 6.07) is 9.95. The van der Waals surface area contributed by atoms with Crippen LogP contribution in [0.4, 0.5) is 4.79 Å². The third-order valence-electron chi connectivity index (χ3n) is 4.89. The average molecular weight is 330 g/mol. The van der Waals surface area contributed by atoms with Crippen LogP contribution in [0.1, 0.15) is 18.5 Å². The molecule has 3 rings (SSSR count). The number of benzene rings is 1. The van der Waals surface area contributed by atoms with Crippen molar-refractivity contribution < 1.29 is 14.7 Å². The molecule has 1 aliphatic rings. The minimum atomic E-state index is -0.945. The first-order chi connectivity index (χ1) is 11.5. The molecular weight excluding hydrogens is 308 g/mol. The van der Waals surface area contributed by atoms with Gasteiger partial charge in [0.1, 0.15) is 0 Å². The van der Waals surface area contributed by atoms with E-state index >= 15 is 0 Å². The van der Waals surface area contributed by atoms with Gasteiger partial charge in [-0.15, -0.1) is 0 Å². The van der Waals surface area contributed by atoms with Gasteiger partial charge >= 0.3 is 6.09 Å². The number of carboxylic acid groups (broad SMARTS) is 1. The summed E-state index contributed by atoms with van der Waals surface area (Å²) in [4.78, 5) is 28.3. The number of hydrogen-bond donors (Lipinski definition) is 4. The Kier molecular flexibility index (Phi) is 4.44. The van der Waals surface area contributed by atoms with Crippen LogP contribution < -0.4 is 11.1 Å². The van der Waals surface area contributed by atoms with Crippen LogP contribution in [0.15, 0.2) is 30.3 Å². The largest absolute Gasteiger partial charge is 0.465 e. The Bertz CT molecular complexity index is 714. The van der Waals surface area contributed by atoms with Gasteiger partial charge < -0.3 is 26.0 Å². The molecule has 2 aromatic rings. The smallest absolute Gasteiger partial charge is 0.407 e. The number of rotatable bonds is 4. The van der Waals surface area contributed by atoms with Crippen LogP contribution in [-0.4, -0.2) is 46.6 Å². The van der Waals surface area contributed by atoms with Crippen LogP contribution in [0.25, 0.3) is 10.9 Å². The zero-order valence-corrected chi connectivity index (χ0v) is 13.4. The zero-order chi connectivity index (χ0) is 17.2. The van der Waals surface area contributed by atoms with Crippen molar-refractivity contribution in [3.8, 4) is 0 Å². The molecule has 0 radical (unpaired) electrons. The molecule has 1 fully saturated rings. The SMILES string of the molecule is NCC1(C(=O)NCc2cc3ccccc3[nH]2)CCN(C(=O)O)CC1. The Morgan fingerprint density at radius 2 is 2.00 bits per heavy atom. The predicted octanol–water partition coefficient (Wildman–Crippen LogP) is 1.50. The lowest BCUT2D eigenvalue weighted by Gasteiger charge is -2.38. The van der Waals surface area contributed by atoms with E-state index in [9.17, 15) is 9.59 Å². The summed E-state index contributed by atoms with van der Waals surface area (Å²) < 4.78 is 0. The molecule has 24 heavy (non-hydrogen) atoms. The Balaban J connectivity index is 1.63. The molecule has 7 heteroatoms. The number of para-hydroxylation sites is 1. The second kappa shape index (κ2) is 6.52. The molecular formula is C17H22N4O3. The van der Waals surface area contributed by atoms with E-state index in [1.807, 2.05) is 30.3 Å². The van der Waals surface area contributed by atoms with E-state index < -0.39 is 11.5 Å². The number of aromatic amines is 1. The van der Waals surface area contributed by atoms with Crippen molar-refractivity contribution in [3.63, 3.8) is 0 Å². The fourth-order valence-electron chi connectivity index (χ4n) is 3.24. The fourth-order valence-corrected chi connectivity index (χ4v) is 3.24. The lowest BCUT2D eigenvalue weighted by molar-refractivity contribution is -0.133. The van der Waals surface area contributed by atoms with Gasteiger partial charge in [0, 0.05) is 30.8 Å². The molecule has 0 bridgehead atoms. The molecule has 0 aliphatic carbocycles. The summed E-state index contributed by atoms with van der Waals surface area (Å²) >= 11 is 0. The zero-order valence-electron chi connectivity index (χ0n) is 13.4. The number of carbonyl (C=O) groups excluding carboxylic acids is 1. The number of aromatic nitrogens is 1. The lowest BCUT2D eigenvalue weighted by atomic mass is 9.77. The molecule has 2 heterocycles. The molecule has 0 atom stereocenters. The maximum atomic E-state index is 12.6. The van der Waals surface area contributed by atoms with Gasteiger partial charge in [0.2, 0.25) is 5.91 Å². The number of H-pyrrole nitrogens is 1. The van der Waals surface area contributed by atoms with Crippen LogP contribution in [-0.2, 0) is 11.3 Å². The predicted molar refractivity (Wildman–Crippen MR) is 90.5 cm³/mol. The first-order valence-corrected chi connectivity index (χ1v) is 8.07. The highest BCUT2D eigenvalue weighted by Gasteiger charge is 2.41. The quantitative estimate of drug-likeness (QED) is 0.680. The van der Waals surface area contributed by atoms with E-state index in [2.05, 4.69) is 10.3 Å². The molecule has 7 nitrogen and oxygen atoms in total. The Morgan fingerprint density at radius 3 is 2.62 bits per heavy atom. The van der Waals surface area contributed by atoms with Crippen molar-refractivity contribution in [2.24, 2.45) is 11.1 Å². The summed E-state index contributed by atoms with van der Waals surface area (Å²) in [6.45, 7) is 1.30. The number of amides is 2. The normalized spacial score (nSPS) is 17.0. The van der Waals surface area contributed by atoms with E-state index in [4.69, 9.17) is 10.8 Å². The van der Waals surface area contributed by atoms with Gasteiger partial charge in [-0.2, -0.15) is 0 Å². The van der Waals surface area contributed by atoms with Gasteiger partial charge in [0.25, 0.3) is 0 Å². The molecule has 5 N–H and O–H groups in total. The monoisotopic (exact) mass is 330 g/mol. The molecule has 0 spiro atoms. The van der Waals surface area contributed by atoms with E-state index in [0.29, 0.717) is 32.5 Å². The second-order valence-electron chi connectivity index (χ2n) is 6.32. The Hall–Kier alpha value is -2.54. The summed E-state index contributed by atoms with van der Waals surface area (Å²) in [5, 5.41) is 13.1. The molecule has 0 saturated carbocycles. The van der Waals surface area contributed by atoms with Gasteiger partial charge in [-0.25, -0.2) is 4.79 Å². The van der Waals surface area contributed by atoms with Crippen molar-refractivity contribution in [3.05, 3.63) is 36.0 Å². The minimum absolute atomic E-state index is 0.103. The van der Waals surface area contributed by atoms with Crippen LogP contribution in [0, 0.1) is 5.41 Å². The molecule has 1 saturated heterocycles. The molecule has 0 unspecified atom stereocenters. The number of hydrogen-bond acceptors (Lipinski definition) is 3. The van der Waals surface area contributed by atoms with E-state index in [1.54, 1.807) is 0 Å². The summed E-state index contributed by atoms with van der Waals surface area (Å²) in [5.74, 6) is -0.103. The number of nitrogens with zero attached hydrogens (tertiary/aromatic N) is 1. The third kappa shape index (κ3) is 3.07. The first-order valence-electron chi connectivity index (χ1n) is 8.07. The van der Waals surface area contributed by atoms with Gasteiger partial charge in [-0.1, -0.05) is 18.2 Å². The number of nitrogens with one attached hydrogen (secondary N) is 2. The second-order valence-corrected chi connectivity index (χ2v) is 6.32. The summed E-state index contributed by atoms with van der Waals surface area (Å²) in [6.07, 6.45) is -0.0398. The maximum absolute atomic E-state index is 12.6. The van der Waals surface area contributed by atoms with Crippen molar-refractivity contribution in [1.82, 2.24) is 15.2 Å². The number of nitrogens with two attached hydrogens (primary N) is 1. The van der Waals surface area contributed by atoms with E-state index in [1.165, 1.54) is 4.90 Å². The molecule has 1 aromatic heterocycles. The Morgan fingerprint density at radius 1 is 1.29 bits per heavy atom. The van der Waals surface area contributed by atoms with Crippen LogP contribution in [0.5, 0.6) is 0 Å². The molecule has 2 amide bonds. The van der Waals surface area contributed by atoms with Gasteiger partial charge in [-0.05, 0) is 30.4 Å².